The van der Waals surface area contributed by atoms with Crippen LogP contribution in [0.2, 0.25) is 0 Å². The van der Waals surface area contributed by atoms with E-state index in [1.807, 2.05) is 0 Å². The minimum absolute atomic E-state index is 0.435. The smallest absolute Gasteiger partial charge is 0.0502 e. The average molecular weight is 173 g/mol. The van der Waals surface area contributed by atoms with Crippen LogP contribution in [-0.4, -0.2) is 22.9 Å². The highest BCUT2D eigenvalue weighted by atomic mass is 32.1. The first-order chi connectivity index (χ1) is 5.13. The summed E-state index contributed by atoms with van der Waals surface area (Å²) < 4.78 is 0. The molecule has 0 aromatic rings. The lowest BCUT2D eigenvalue weighted by Crippen LogP contribution is -2.37. The predicted molar refractivity (Wildman–Crippen MR) is 53.0 cm³/mol. The first-order valence-electron chi connectivity index (χ1n) is 4.56. The van der Waals surface area contributed by atoms with Crippen LogP contribution in [0.15, 0.2) is 0 Å². The summed E-state index contributed by atoms with van der Waals surface area (Å²) in [4.78, 5) is 2.51. The van der Waals surface area contributed by atoms with Gasteiger partial charge in [-0.05, 0) is 32.2 Å². The van der Waals surface area contributed by atoms with Gasteiger partial charge in [-0.3, -0.25) is 4.90 Å². The Balaban J connectivity index is 2.51. The van der Waals surface area contributed by atoms with Crippen LogP contribution in [0.1, 0.15) is 33.6 Å². The molecule has 0 bridgehead atoms. The fourth-order valence-electron chi connectivity index (χ4n) is 1.99. The predicted octanol–water partition coefficient (Wildman–Crippen LogP) is 2.38. The Morgan fingerprint density at radius 1 is 1.36 bits per heavy atom. The summed E-state index contributed by atoms with van der Waals surface area (Å²) in [6.45, 7) is 8.02. The molecule has 0 aromatic carbocycles. The standard InChI is InChI=1S/C9H19NS/c1-7(2)9-5-4-6-10(9)8(3)11/h7-9,11H,4-6H2,1-3H3. The van der Waals surface area contributed by atoms with Gasteiger partial charge in [0, 0.05) is 6.04 Å². The fourth-order valence-corrected chi connectivity index (χ4v) is 2.28. The molecule has 0 aromatic heterocycles. The van der Waals surface area contributed by atoms with Crippen LogP contribution in [0.4, 0.5) is 0 Å². The van der Waals surface area contributed by atoms with Crippen molar-refractivity contribution in [2.75, 3.05) is 6.54 Å². The summed E-state index contributed by atoms with van der Waals surface area (Å²) in [5.74, 6) is 0.784. The van der Waals surface area contributed by atoms with E-state index >= 15 is 0 Å². The molecular weight excluding hydrogens is 154 g/mol. The minimum Gasteiger partial charge on any atom is -0.289 e. The second kappa shape index (κ2) is 3.81. The van der Waals surface area contributed by atoms with Gasteiger partial charge in [0.15, 0.2) is 0 Å². The minimum atomic E-state index is 0.435. The number of likely N-dealkylation sites (tertiary alicyclic amines) is 1. The molecule has 1 saturated heterocycles. The monoisotopic (exact) mass is 173 g/mol. The van der Waals surface area contributed by atoms with Gasteiger partial charge in [0.2, 0.25) is 0 Å². The Labute approximate surface area is 75.6 Å². The van der Waals surface area contributed by atoms with Crippen molar-refractivity contribution in [3.05, 3.63) is 0 Å². The first kappa shape index (κ1) is 9.40. The topological polar surface area (TPSA) is 3.24 Å². The summed E-state index contributed by atoms with van der Waals surface area (Å²) in [5.41, 5.74) is 0. The number of hydrogen-bond donors (Lipinski definition) is 1. The summed E-state index contributed by atoms with van der Waals surface area (Å²) in [5, 5.41) is 0.435. The van der Waals surface area contributed by atoms with Crippen LogP contribution in [0, 0.1) is 5.92 Å². The second-order valence-electron chi connectivity index (χ2n) is 3.82. The highest BCUT2D eigenvalue weighted by molar-refractivity contribution is 7.80. The molecule has 1 aliphatic rings. The Bertz CT molecular complexity index is 109. The third-order valence-corrected chi connectivity index (χ3v) is 2.89. The van der Waals surface area contributed by atoms with E-state index in [1.165, 1.54) is 19.4 Å². The molecular formula is C9H19NS. The van der Waals surface area contributed by atoms with Crippen LogP contribution < -0.4 is 0 Å². The molecule has 11 heavy (non-hydrogen) atoms. The lowest BCUT2D eigenvalue weighted by atomic mass is 10.0. The molecule has 66 valence electrons. The van der Waals surface area contributed by atoms with Crippen molar-refractivity contribution in [1.29, 1.82) is 0 Å². The summed E-state index contributed by atoms with van der Waals surface area (Å²) >= 11 is 4.47. The van der Waals surface area contributed by atoms with Gasteiger partial charge in [-0.15, -0.1) is 0 Å². The third-order valence-electron chi connectivity index (χ3n) is 2.59. The zero-order valence-corrected chi connectivity index (χ0v) is 8.64. The van der Waals surface area contributed by atoms with Crippen LogP contribution >= 0.6 is 12.6 Å². The average Bonchev–Trinajstić information content (AvgIpc) is 2.32. The van der Waals surface area contributed by atoms with Gasteiger partial charge in [-0.25, -0.2) is 0 Å². The van der Waals surface area contributed by atoms with Crippen LogP contribution in [0.25, 0.3) is 0 Å². The van der Waals surface area contributed by atoms with Crippen molar-refractivity contribution in [1.82, 2.24) is 4.90 Å². The Morgan fingerprint density at radius 3 is 2.36 bits per heavy atom. The number of hydrogen-bond acceptors (Lipinski definition) is 2. The fraction of sp³-hybridized carbons (Fsp3) is 1.00. The molecule has 1 rings (SSSR count). The van der Waals surface area contributed by atoms with E-state index in [1.54, 1.807) is 0 Å². The van der Waals surface area contributed by atoms with Gasteiger partial charge in [0.1, 0.15) is 0 Å². The molecule has 1 aliphatic heterocycles. The van der Waals surface area contributed by atoms with Crippen molar-refractivity contribution in [2.45, 2.75) is 45.0 Å². The van der Waals surface area contributed by atoms with E-state index < -0.39 is 0 Å². The molecule has 1 fully saturated rings. The van der Waals surface area contributed by atoms with Gasteiger partial charge >= 0.3 is 0 Å². The van der Waals surface area contributed by atoms with Gasteiger partial charge in [0.05, 0.1) is 5.37 Å². The van der Waals surface area contributed by atoms with Crippen LogP contribution in [0.3, 0.4) is 0 Å². The van der Waals surface area contributed by atoms with Crippen LogP contribution in [-0.2, 0) is 0 Å². The summed E-state index contributed by atoms with van der Waals surface area (Å²) in [6.07, 6.45) is 2.72. The molecule has 0 spiro atoms. The van der Waals surface area contributed by atoms with Crippen LogP contribution in [0.5, 0.6) is 0 Å². The van der Waals surface area contributed by atoms with Gasteiger partial charge < -0.3 is 0 Å². The highest BCUT2D eigenvalue weighted by Crippen LogP contribution is 2.26. The number of rotatable bonds is 2. The number of thiol groups is 1. The molecule has 2 unspecified atom stereocenters. The molecule has 0 N–H and O–H groups in total. The zero-order chi connectivity index (χ0) is 8.43. The normalized spacial score (nSPS) is 29.7. The van der Waals surface area contributed by atoms with E-state index in [-0.39, 0.29) is 0 Å². The van der Waals surface area contributed by atoms with E-state index in [9.17, 15) is 0 Å². The third kappa shape index (κ3) is 2.12. The maximum absolute atomic E-state index is 4.47. The molecule has 1 heterocycles. The summed E-state index contributed by atoms with van der Waals surface area (Å²) in [7, 11) is 0. The molecule has 2 heteroatoms. The van der Waals surface area contributed by atoms with E-state index in [0.29, 0.717) is 5.37 Å². The summed E-state index contributed by atoms with van der Waals surface area (Å²) in [6, 6.07) is 0.780. The van der Waals surface area contributed by atoms with Crippen molar-refractivity contribution < 1.29 is 0 Å². The van der Waals surface area contributed by atoms with E-state index in [4.69, 9.17) is 0 Å². The van der Waals surface area contributed by atoms with Gasteiger partial charge in [-0.2, -0.15) is 12.6 Å². The van der Waals surface area contributed by atoms with Crippen molar-refractivity contribution in [2.24, 2.45) is 5.92 Å². The maximum Gasteiger partial charge on any atom is 0.0502 e. The zero-order valence-electron chi connectivity index (χ0n) is 7.75. The molecule has 0 saturated carbocycles. The number of nitrogens with zero attached hydrogens (tertiary/aromatic N) is 1. The quantitative estimate of drug-likeness (QED) is 0.628. The second-order valence-corrected chi connectivity index (χ2v) is 4.57. The maximum atomic E-state index is 4.47. The van der Waals surface area contributed by atoms with E-state index in [2.05, 4.69) is 38.3 Å². The van der Waals surface area contributed by atoms with Gasteiger partial charge in [0.25, 0.3) is 0 Å². The molecule has 2 atom stereocenters. The van der Waals surface area contributed by atoms with Crippen molar-refractivity contribution >= 4 is 12.6 Å². The molecule has 0 amide bonds. The first-order valence-corrected chi connectivity index (χ1v) is 5.08. The Hall–Kier alpha value is 0.310. The molecule has 0 radical (unpaired) electrons. The molecule has 1 nitrogen and oxygen atoms in total. The Morgan fingerprint density at radius 2 is 2.00 bits per heavy atom. The largest absolute Gasteiger partial charge is 0.289 e. The van der Waals surface area contributed by atoms with Crippen molar-refractivity contribution in [3.63, 3.8) is 0 Å². The van der Waals surface area contributed by atoms with Gasteiger partial charge in [-0.1, -0.05) is 13.8 Å². The molecule has 0 aliphatic carbocycles. The SMILES string of the molecule is CC(C)C1CCCN1C(C)S. The lowest BCUT2D eigenvalue weighted by Gasteiger charge is -2.30. The van der Waals surface area contributed by atoms with Crippen molar-refractivity contribution in [3.8, 4) is 0 Å². The Kier molecular flexibility index (Phi) is 3.26. The lowest BCUT2D eigenvalue weighted by molar-refractivity contribution is 0.201. The highest BCUT2D eigenvalue weighted by Gasteiger charge is 2.28. The van der Waals surface area contributed by atoms with E-state index in [0.717, 1.165) is 12.0 Å².